The zero-order chi connectivity index (χ0) is 12.4. The van der Waals surface area contributed by atoms with Crippen molar-refractivity contribution in [3.8, 4) is 6.07 Å². The Morgan fingerprint density at radius 2 is 2.41 bits per heavy atom. The molecule has 1 atom stereocenters. The van der Waals surface area contributed by atoms with E-state index < -0.39 is 0 Å². The van der Waals surface area contributed by atoms with Gasteiger partial charge in [0.2, 0.25) is 0 Å². The van der Waals surface area contributed by atoms with Gasteiger partial charge in [-0.25, -0.2) is 4.98 Å². The second kappa shape index (κ2) is 4.58. The van der Waals surface area contributed by atoms with Crippen LogP contribution >= 0.6 is 0 Å². The third-order valence-corrected chi connectivity index (χ3v) is 3.12. The lowest BCUT2D eigenvalue weighted by molar-refractivity contribution is 0.688. The molecule has 17 heavy (non-hydrogen) atoms. The molecule has 0 spiro atoms. The average molecular weight is 232 g/mol. The fourth-order valence-electron chi connectivity index (χ4n) is 1.69. The minimum absolute atomic E-state index is 0.0568. The maximum Gasteiger partial charge on any atom is 0.252 e. The van der Waals surface area contributed by atoms with Crippen LogP contribution in [0.25, 0.3) is 0 Å². The molecule has 1 N–H and O–H groups in total. The third-order valence-electron chi connectivity index (χ3n) is 3.12. The van der Waals surface area contributed by atoms with E-state index in [-0.39, 0.29) is 11.6 Å². The molecule has 1 aliphatic carbocycles. The van der Waals surface area contributed by atoms with Gasteiger partial charge in [0, 0.05) is 25.1 Å². The van der Waals surface area contributed by atoms with E-state index in [0.29, 0.717) is 18.2 Å². The first-order chi connectivity index (χ1) is 8.11. The molecular weight excluding hydrogens is 216 g/mol. The lowest BCUT2D eigenvalue weighted by Gasteiger charge is -2.24. The molecule has 5 heteroatoms. The molecule has 1 aromatic rings. The third kappa shape index (κ3) is 2.64. The van der Waals surface area contributed by atoms with E-state index in [9.17, 15) is 4.79 Å². The molecule has 2 rings (SSSR count). The Balaban J connectivity index is 2.25. The van der Waals surface area contributed by atoms with Gasteiger partial charge >= 0.3 is 0 Å². The number of nitrogens with zero attached hydrogens (tertiary/aromatic N) is 3. The second-order valence-electron chi connectivity index (χ2n) is 4.59. The molecule has 1 saturated carbocycles. The van der Waals surface area contributed by atoms with Crippen LogP contribution in [0.5, 0.6) is 0 Å². The highest BCUT2D eigenvalue weighted by Gasteiger charge is 2.27. The molecule has 0 aromatic carbocycles. The lowest BCUT2D eigenvalue weighted by Crippen LogP contribution is -2.30. The highest BCUT2D eigenvalue weighted by molar-refractivity contribution is 5.38. The van der Waals surface area contributed by atoms with E-state index >= 15 is 0 Å². The number of rotatable bonds is 4. The normalized spacial score (nSPS) is 16.3. The van der Waals surface area contributed by atoms with Crippen LogP contribution in [0.3, 0.4) is 0 Å². The summed E-state index contributed by atoms with van der Waals surface area (Å²) < 4.78 is 0. The van der Waals surface area contributed by atoms with Crippen LogP contribution < -0.4 is 10.5 Å². The standard InChI is InChI=1S/C12H16N4O/c1-8(5-6-13)16(2)10-7-11(17)15-12(14-10)9-3-4-9/h7-9H,3-5H2,1-2H3,(H,14,15,17). The number of nitriles is 1. The van der Waals surface area contributed by atoms with Gasteiger partial charge in [0.1, 0.15) is 11.6 Å². The van der Waals surface area contributed by atoms with Gasteiger partial charge < -0.3 is 9.88 Å². The molecule has 0 amide bonds. The summed E-state index contributed by atoms with van der Waals surface area (Å²) in [7, 11) is 1.86. The van der Waals surface area contributed by atoms with Crippen molar-refractivity contribution in [2.24, 2.45) is 0 Å². The van der Waals surface area contributed by atoms with E-state index in [2.05, 4.69) is 16.0 Å². The smallest absolute Gasteiger partial charge is 0.252 e. The van der Waals surface area contributed by atoms with Gasteiger partial charge in [-0.2, -0.15) is 5.26 Å². The Kier molecular flexibility index (Phi) is 3.14. The summed E-state index contributed by atoms with van der Waals surface area (Å²) >= 11 is 0. The molecule has 1 heterocycles. The zero-order valence-corrected chi connectivity index (χ0v) is 10.1. The molecule has 0 saturated heterocycles. The van der Waals surface area contributed by atoms with Crippen LogP contribution in [0.2, 0.25) is 0 Å². The number of hydrogen-bond donors (Lipinski definition) is 1. The van der Waals surface area contributed by atoms with Gasteiger partial charge in [-0.1, -0.05) is 0 Å². The van der Waals surface area contributed by atoms with E-state index in [1.165, 1.54) is 6.07 Å². The van der Waals surface area contributed by atoms with Crippen LogP contribution in [0, 0.1) is 11.3 Å². The Morgan fingerprint density at radius 1 is 1.71 bits per heavy atom. The van der Waals surface area contributed by atoms with Gasteiger partial charge in [0.05, 0.1) is 12.5 Å². The van der Waals surface area contributed by atoms with Gasteiger partial charge in [-0.05, 0) is 19.8 Å². The predicted molar refractivity (Wildman–Crippen MR) is 64.9 cm³/mol. The molecule has 1 aromatic heterocycles. The maximum absolute atomic E-state index is 11.5. The topological polar surface area (TPSA) is 72.8 Å². The minimum Gasteiger partial charge on any atom is -0.356 e. The number of nitrogens with one attached hydrogen (secondary N) is 1. The molecule has 90 valence electrons. The van der Waals surface area contributed by atoms with Gasteiger partial charge in [0.25, 0.3) is 5.56 Å². The first kappa shape index (κ1) is 11.6. The van der Waals surface area contributed by atoms with Crippen LogP contribution in [0.1, 0.15) is 37.9 Å². The van der Waals surface area contributed by atoms with Crippen molar-refractivity contribution in [1.29, 1.82) is 5.26 Å². The second-order valence-corrected chi connectivity index (χ2v) is 4.59. The summed E-state index contributed by atoms with van der Waals surface area (Å²) in [5.74, 6) is 1.85. The molecule has 0 bridgehead atoms. The molecule has 0 aliphatic heterocycles. The quantitative estimate of drug-likeness (QED) is 0.851. The number of aromatic amines is 1. The van der Waals surface area contributed by atoms with Crippen LogP contribution in [0.15, 0.2) is 10.9 Å². The van der Waals surface area contributed by atoms with Crippen molar-refractivity contribution in [3.05, 3.63) is 22.2 Å². The Bertz CT molecular complexity index is 498. The van der Waals surface area contributed by atoms with Crippen molar-refractivity contribution >= 4 is 5.82 Å². The summed E-state index contributed by atoms with van der Waals surface area (Å²) in [5.41, 5.74) is -0.118. The summed E-state index contributed by atoms with van der Waals surface area (Å²) in [4.78, 5) is 20.7. The van der Waals surface area contributed by atoms with E-state index in [1.54, 1.807) is 0 Å². The molecule has 1 aliphatic rings. The van der Waals surface area contributed by atoms with Crippen molar-refractivity contribution in [2.45, 2.75) is 38.1 Å². The highest BCUT2D eigenvalue weighted by Crippen LogP contribution is 2.37. The maximum atomic E-state index is 11.5. The largest absolute Gasteiger partial charge is 0.356 e. The molecule has 5 nitrogen and oxygen atoms in total. The number of aromatic nitrogens is 2. The van der Waals surface area contributed by atoms with Crippen molar-refractivity contribution in [2.75, 3.05) is 11.9 Å². The van der Waals surface area contributed by atoms with E-state index in [1.807, 2.05) is 18.9 Å². The van der Waals surface area contributed by atoms with Gasteiger partial charge in [-0.15, -0.1) is 0 Å². The average Bonchev–Trinajstić information content (AvgIpc) is 3.11. The molecule has 1 fully saturated rings. The monoisotopic (exact) mass is 232 g/mol. The molecule has 0 radical (unpaired) electrons. The molecular formula is C12H16N4O. The van der Waals surface area contributed by atoms with E-state index in [4.69, 9.17) is 5.26 Å². The molecule has 1 unspecified atom stereocenters. The fraction of sp³-hybridized carbons (Fsp3) is 0.583. The summed E-state index contributed by atoms with van der Waals surface area (Å²) in [6.45, 7) is 1.95. The Labute approximate surface area is 100 Å². The minimum atomic E-state index is -0.118. The van der Waals surface area contributed by atoms with Crippen LogP contribution in [-0.2, 0) is 0 Å². The Hall–Kier alpha value is -1.83. The van der Waals surface area contributed by atoms with Gasteiger partial charge in [0.15, 0.2) is 0 Å². The fourth-order valence-corrected chi connectivity index (χ4v) is 1.69. The van der Waals surface area contributed by atoms with E-state index in [0.717, 1.165) is 18.7 Å². The lowest BCUT2D eigenvalue weighted by atomic mass is 10.2. The zero-order valence-electron chi connectivity index (χ0n) is 10.1. The number of H-pyrrole nitrogens is 1. The van der Waals surface area contributed by atoms with Crippen LogP contribution in [0.4, 0.5) is 5.82 Å². The first-order valence-corrected chi connectivity index (χ1v) is 5.83. The Morgan fingerprint density at radius 3 is 3.00 bits per heavy atom. The number of anilines is 1. The SMILES string of the molecule is CC(CC#N)N(C)c1cc(=O)[nH]c(C2CC2)n1. The summed E-state index contributed by atoms with van der Waals surface area (Å²) in [6.07, 6.45) is 2.62. The summed E-state index contributed by atoms with van der Waals surface area (Å²) in [5, 5.41) is 8.67. The van der Waals surface area contributed by atoms with Gasteiger partial charge in [-0.3, -0.25) is 4.79 Å². The van der Waals surface area contributed by atoms with Crippen molar-refractivity contribution in [1.82, 2.24) is 9.97 Å². The summed E-state index contributed by atoms with van der Waals surface area (Å²) in [6, 6.07) is 3.67. The van der Waals surface area contributed by atoms with Crippen LogP contribution in [-0.4, -0.2) is 23.1 Å². The van der Waals surface area contributed by atoms with Crippen molar-refractivity contribution < 1.29 is 0 Å². The predicted octanol–water partition coefficient (Wildman–Crippen LogP) is 1.39. The first-order valence-electron chi connectivity index (χ1n) is 5.83. The highest BCUT2D eigenvalue weighted by atomic mass is 16.1. The van der Waals surface area contributed by atoms with Crippen molar-refractivity contribution in [3.63, 3.8) is 0 Å². The number of hydrogen-bond acceptors (Lipinski definition) is 4.